The number of aromatic nitrogens is 1. The second-order valence-corrected chi connectivity index (χ2v) is 5.39. The number of nitrogens with zero attached hydrogens (tertiary/aromatic N) is 3. The lowest BCUT2D eigenvalue weighted by Crippen LogP contribution is -2.46. The first-order valence-electron chi connectivity index (χ1n) is 7.28. The second-order valence-electron chi connectivity index (χ2n) is 5.39. The number of hydrogen-bond acceptors (Lipinski definition) is 5. The zero-order chi connectivity index (χ0) is 14.7. The quantitative estimate of drug-likeness (QED) is 0.863. The molecule has 2 aromatic rings. The Kier molecular flexibility index (Phi) is 4.10. The number of aryl methyl sites for hydroxylation is 1. The van der Waals surface area contributed by atoms with E-state index in [1.807, 2.05) is 25.1 Å². The van der Waals surface area contributed by atoms with Gasteiger partial charge in [-0.3, -0.25) is 4.90 Å². The molecule has 1 aromatic carbocycles. The normalized spacial score (nSPS) is 16.2. The van der Waals surface area contributed by atoms with Gasteiger partial charge in [0.25, 0.3) is 0 Å². The van der Waals surface area contributed by atoms with E-state index in [2.05, 4.69) is 27.1 Å². The minimum absolute atomic E-state index is 0.864. The molecular formula is C16H21N3O2. The summed E-state index contributed by atoms with van der Waals surface area (Å²) in [7, 11) is 1.71. The molecule has 1 fully saturated rings. The van der Waals surface area contributed by atoms with Gasteiger partial charge in [-0.05, 0) is 19.1 Å². The van der Waals surface area contributed by atoms with Crippen LogP contribution in [0.3, 0.4) is 0 Å². The summed E-state index contributed by atoms with van der Waals surface area (Å²) >= 11 is 0. The lowest BCUT2D eigenvalue weighted by molar-refractivity contribution is 0.241. The van der Waals surface area contributed by atoms with Crippen LogP contribution >= 0.6 is 0 Å². The number of piperazine rings is 1. The van der Waals surface area contributed by atoms with Crippen molar-refractivity contribution in [2.75, 3.05) is 38.2 Å². The molecular weight excluding hydrogens is 266 g/mol. The van der Waals surface area contributed by atoms with Crippen LogP contribution in [0.2, 0.25) is 0 Å². The highest BCUT2D eigenvalue weighted by Crippen LogP contribution is 2.22. The van der Waals surface area contributed by atoms with Gasteiger partial charge in [-0.15, -0.1) is 0 Å². The minimum Gasteiger partial charge on any atom is -0.497 e. The smallest absolute Gasteiger partial charge is 0.133 e. The van der Waals surface area contributed by atoms with E-state index in [1.54, 1.807) is 7.11 Å². The highest BCUT2D eigenvalue weighted by atomic mass is 16.5. The highest BCUT2D eigenvalue weighted by molar-refractivity contribution is 5.51. The van der Waals surface area contributed by atoms with Crippen LogP contribution in [0.5, 0.6) is 5.75 Å². The van der Waals surface area contributed by atoms with Crippen molar-refractivity contribution in [3.05, 3.63) is 41.8 Å². The minimum atomic E-state index is 0.864. The molecule has 1 saturated heterocycles. The summed E-state index contributed by atoms with van der Waals surface area (Å²) in [6.45, 7) is 6.89. The Labute approximate surface area is 125 Å². The number of rotatable bonds is 4. The number of anilines is 1. The number of ether oxygens (including phenoxy) is 1. The van der Waals surface area contributed by atoms with Gasteiger partial charge in [0.1, 0.15) is 11.5 Å². The molecule has 5 nitrogen and oxygen atoms in total. The van der Waals surface area contributed by atoms with Gasteiger partial charge in [-0.25, -0.2) is 0 Å². The molecule has 3 rings (SSSR count). The first kappa shape index (κ1) is 13.9. The van der Waals surface area contributed by atoms with Crippen LogP contribution in [0.15, 0.2) is 34.9 Å². The largest absolute Gasteiger partial charge is 0.497 e. The fourth-order valence-corrected chi connectivity index (χ4v) is 2.69. The van der Waals surface area contributed by atoms with E-state index >= 15 is 0 Å². The highest BCUT2D eigenvalue weighted by Gasteiger charge is 2.18. The van der Waals surface area contributed by atoms with Gasteiger partial charge in [-0.1, -0.05) is 11.2 Å². The van der Waals surface area contributed by atoms with E-state index in [0.717, 1.165) is 49.9 Å². The second kappa shape index (κ2) is 6.18. The van der Waals surface area contributed by atoms with Crippen LogP contribution < -0.4 is 9.64 Å². The first-order valence-corrected chi connectivity index (χ1v) is 7.28. The summed E-state index contributed by atoms with van der Waals surface area (Å²) in [6.07, 6.45) is 0. The van der Waals surface area contributed by atoms with Crippen molar-refractivity contribution in [2.45, 2.75) is 13.5 Å². The molecule has 21 heavy (non-hydrogen) atoms. The molecule has 0 spiro atoms. The average Bonchev–Trinajstić information content (AvgIpc) is 2.93. The SMILES string of the molecule is COc1cccc(N2CCN(Cc3cc(C)on3)CC2)c1. The van der Waals surface area contributed by atoms with Crippen molar-refractivity contribution in [2.24, 2.45) is 0 Å². The van der Waals surface area contributed by atoms with E-state index < -0.39 is 0 Å². The van der Waals surface area contributed by atoms with Crippen molar-refractivity contribution in [3.63, 3.8) is 0 Å². The lowest BCUT2D eigenvalue weighted by atomic mass is 10.2. The van der Waals surface area contributed by atoms with Gasteiger partial charge in [0.2, 0.25) is 0 Å². The molecule has 2 heterocycles. The number of hydrogen-bond donors (Lipinski definition) is 0. The molecule has 1 aliphatic heterocycles. The molecule has 0 amide bonds. The standard InChI is InChI=1S/C16H21N3O2/c1-13-10-14(17-21-13)12-18-6-8-19(9-7-18)15-4-3-5-16(11-15)20-2/h3-5,10-11H,6-9,12H2,1-2H3. The number of methoxy groups -OCH3 is 1. The average molecular weight is 287 g/mol. The summed E-state index contributed by atoms with van der Waals surface area (Å²) in [6, 6.07) is 10.3. The predicted molar refractivity (Wildman–Crippen MR) is 81.7 cm³/mol. The zero-order valence-electron chi connectivity index (χ0n) is 12.6. The maximum Gasteiger partial charge on any atom is 0.133 e. The summed E-state index contributed by atoms with van der Waals surface area (Å²) in [4.78, 5) is 4.81. The molecule has 112 valence electrons. The summed E-state index contributed by atoms with van der Waals surface area (Å²) < 4.78 is 10.4. The lowest BCUT2D eigenvalue weighted by Gasteiger charge is -2.35. The topological polar surface area (TPSA) is 41.7 Å². The zero-order valence-corrected chi connectivity index (χ0v) is 12.6. The molecule has 0 aliphatic carbocycles. The molecule has 1 aliphatic rings. The third-order valence-corrected chi connectivity index (χ3v) is 3.85. The fourth-order valence-electron chi connectivity index (χ4n) is 2.69. The van der Waals surface area contributed by atoms with E-state index in [-0.39, 0.29) is 0 Å². The molecule has 5 heteroatoms. The Morgan fingerprint density at radius 3 is 2.67 bits per heavy atom. The molecule has 0 radical (unpaired) electrons. The van der Waals surface area contributed by atoms with Gasteiger partial charge < -0.3 is 14.2 Å². The van der Waals surface area contributed by atoms with Gasteiger partial charge >= 0.3 is 0 Å². The van der Waals surface area contributed by atoms with Gasteiger partial charge in [0, 0.05) is 50.5 Å². The Bertz CT molecular complexity index is 589. The van der Waals surface area contributed by atoms with Gasteiger partial charge in [0.05, 0.1) is 12.8 Å². The maximum atomic E-state index is 5.29. The number of benzene rings is 1. The third-order valence-electron chi connectivity index (χ3n) is 3.85. The Hall–Kier alpha value is -2.01. The Balaban J connectivity index is 1.57. The van der Waals surface area contributed by atoms with Crippen molar-refractivity contribution < 1.29 is 9.26 Å². The third kappa shape index (κ3) is 3.36. The monoisotopic (exact) mass is 287 g/mol. The van der Waals surface area contributed by atoms with Crippen LogP contribution in [-0.4, -0.2) is 43.3 Å². The summed E-state index contributed by atoms with van der Waals surface area (Å²) in [5, 5.41) is 4.06. The van der Waals surface area contributed by atoms with Crippen LogP contribution in [0, 0.1) is 6.92 Å². The molecule has 1 aromatic heterocycles. The summed E-state index contributed by atoms with van der Waals surface area (Å²) in [5.41, 5.74) is 2.24. The van der Waals surface area contributed by atoms with Crippen LogP contribution in [-0.2, 0) is 6.54 Å². The van der Waals surface area contributed by atoms with Crippen LogP contribution in [0.1, 0.15) is 11.5 Å². The van der Waals surface area contributed by atoms with E-state index in [4.69, 9.17) is 9.26 Å². The van der Waals surface area contributed by atoms with E-state index in [0.29, 0.717) is 0 Å². The van der Waals surface area contributed by atoms with Crippen molar-refractivity contribution in [1.82, 2.24) is 10.1 Å². The maximum absolute atomic E-state index is 5.29. The fraction of sp³-hybridized carbons (Fsp3) is 0.438. The van der Waals surface area contributed by atoms with Crippen molar-refractivity contribution in [3.8, 4) is 5.75 Å². The van der Waals surface area contributed by atoms with Crippen LogP contribution in [0.4, 0.5) is 5.69 Å². The Morgan fingerprint density at radius 2 is 2.00 bits per heavy atom. The molecule has 0 saturated carbocycles. The molecule has 0 N–H and O–H groups in total. The van der Waals surface area contributed by atoms with Crippen molar-refractivity contribution in [1.29, 1.82) is 0 Å². The molecule has 0 bridgehead atoms. The van der Waals surface area contributed by atoms with Crippen molar-refractivity contribution >= 4 is 5.69 Å². The predicted octanol–water partition coefficient (Wildman–Crippen LogP) is 2.31. The Morgan fingerprint density at radius 1 is 1.19 bits per heavy atom. The molecule has 0 unspecified atom stereocenters. The van der Waals surface area contributed by atoms with E-state index in [9.17, 15) is 0 Å². The van der Waals surface area contributed by atoms with Crippen LogP contribution in [0.25, 0.3) is 0 Å². The molecule has 0 atom stereocenters. The van der Waals surface area contributed by atoms with Gasteiger partial charge in [-0.2, -0.15) is 0 Å². The van der Waals surface area contributed by atoms with Gasteiger partial charge in [0.15, 0.2) is 0 Å². The first-order chi connectivity index (χ1) is 10.2. The summed E-state index contributed by atoms with van der Waals surface area (Å²) in [5.74, 6) is 1.79. The van der Waals surface area contributed by atoms with E-state index in [1.165, 1.54) is 5.69 Å².